The number of nitrogens with one attached hydrogen (secondary N) is 2. The molecule has 0 radical (unpaired) electrons. The van der Waals surface area contributed by atoms with E-state index in [4.69, 9.17) is 21.1 Å². The first-order valence-corrected chi connectivity index (χ1v) is 8.82. The van der Waals surface area contributed by atoms with Crippen LogP contribution in [-0.2, 0) is 4.79 Å². The molecule has 2 N–H and O–H groups in total. The highest BCUT2D eigenvalue weighted by atomic mass is 35.5. The molecule has 5 nitrogen and oxygen atoms in total. The third-order valence-corrected chi connectivity index (χ3v) is 4.67. The Morgan fingerprint density at radius 3 is 2.65 bits per heavy atom. The molecular formula is C20H21ClN2O3. The van der Waals surface area contributed by atoms with Gasteiger partial charge in [-0.25, -0.2) is 0 Å². The molecule has 136 valence electrons. The molecular weight excluding hydrogens is 352 g/mol. The lowest BCUT2D eigenvalue weighted by Gasteiger charge is -2.21. The number of fused-ring (bicyclic) bond motifs is 1. The number of rotatable bonds is 7. The summed E-state index contributed by atoms with van der Waals surface area (Å²) in [6.45, 7) is 0.400. The highest BCUT2D eigenvalue weighted by Crippen LogP contribution is 2.40. The topological polar surface area (TPSA) is 63.3 Å². The van der Waals surface area contributed by atoms with Crippen molar-refractivity contribution in [2.24, 2.45) is 0 Å². The summed E-state index contributed by atoms with van der Waals surface area (Å²) in [6.07, 6.45) is 1.97. The number of aromatic amines is 1. The fourth-order valence-corrected chi connectivity index (χ4v) is 3.31. The van der Waals surface area contributed by atoms with Gasteiger partial charge in [0.25, 0.3) is 0 Å². The molecule has 0 aliphatic heterocycles. The van der Waals surface area contributed by atoms with E-state index in [1.54, 1.807) is 14.2 Å². The smallest absolute Gasteiger partial charge is 0.234 e. The number of ether oxygens (including phenoxy) is 2. The van der Waals surface area contributed by atoms with Crippen LogP contribution in [0.5, 0.6) is 11.5 Å². The minimum absolute atomic E-state index is 0.0736. The maximum absolute atomic E-state index is 11.8. The summed E-state index contributed by atoms with van der Waals surface area (Å²) in [5.74, 6) is 0.904. The Bertz CT molecular complexity index is 907. The summed E-state index contributed by atoms with van der Waals surface area (Å²) in [6, 6.07) is 13.8. The monoisotopic (exact) mass is 372 g/mol. The molecule has 1 amide bonds. The van der Waals surface area contributed by atoms with Crippen LogP contribution in [0.4, 0.5) is 0 Å². The average Bonchev–Trinajstić information content (AvgIpc) is 3.11. The number of aromatic nitrogens is 1. The molecule has 0 spiro atoms. The van der Waals surface area contributed by atoms with E-state index in [0.717, 1.165) is 22.0 Å². The maximum atomic E-state index is 11.8. The second kappa shape index (κ2) is 8.15. The highest BCUT2D eigenvalue weighted by molar-refractivity contribution is 6.27. The van der Waals surface area contributed by atoms with Crippen LogP contribution >= 0.6 is 11.6 Å². The molecule has 0 saturated carbocycles. The van der Waals surface area contributed by atoms with Gasteiger partial charge in [0.05, 0.1) is 14.2 Å². The van der Waals surface area contributed by atoms with Crippen LogP contribution in [0.3, 0.4) is 0 Å². The van der Waals surface area contributed by atoms with Crippen molar-refractivity contribution >= 4 is 28.4 Å². The Balaban J connectivity index is 2.11. The Morgan fingerprint density at radius 2 is 1.92 bits per heavy atom. The number of carbonyl (C=O) groups excluding carboxylic acids is 1. The predicted molar refractivity (Wildman–Crippen MR) is 103 cm³/mol. The van der Waals surface area contributed by atoms with Crippen LogP contribution in [0.25, 0.3) is 10.9 Å². The Morgan fingerprint density at radius 1 is 1.12 bits per heavy atom. The molecule has 0 saturated heterocycles. The Labute approximate surface area is 157 Å². The number of amides is 1. The van der Waals surface area contributed by atoms with Gasteiger partial charge in [-0.15, -0.1) is 11.6 Å². The van der Waals surface area contributed by atoms with E-state index in [9.17, 15) is 4.79 Å². The summed E-state index contributed by atoms with van der Waals surface area (Å²) >= 11 is 5.64. The first kappa shape index (κ1) is 18.1. The van der Waals surface area contributed by atoms with Crippen molar-refractivity contribution in [2.75, 3.05) is 26.6 Å². The van der Waals surface area contributed by atoms with E-state index in [0.29, 0.717) is 18.0 Å². The van der Waals surface area contributed by atoms with E-state index >= 15 is 0 Å². The van der Waals surface area contributed by atoms with Gasteiger partial charge in [-0.3, -0.25) is 4.79 Å². The molecule has 26 heavy (non-hydrogen) atoms. The lowest BCUT2D eigenvalue weighted by atomic mass is 9.90. The van der Waals surface area contributed by atoms with Crippen molar-refractivity contribution in [3.05, 3.63) is 59.8 Å². The number of methoxy groups -OCH3 is 2. The molecule has 1 heterocycles. The quantitative estimate of drug-likeness (QED) is 0.622. The van der Waals surface area contributed by atoms with Crippen LogP contribution < -0.4 is 14.8 Å². The van der Waals surface area contributed by atoms with Crippen molar-refractivity contribution in [1.82, 2.24) is 10.3 Å². The first-order chi connectivity index (χ1) is 12.7. The molecule has 3 aromatic rings. The number of carbonyl (C=O) groups is 1. The molecule has 3 rings (SSSR count). The molecule has 1 aromatic heterocycles. The lowest BCUT2D eigenvalue weighted by Crippen LogP contribution is -2.29. The van der Waals surface area contributed by atoms with Gasteiger partial charge in [-0.1, -0.05) is 30.3 Å². The first-order valence-electron chi connectivity index (χ1n) is 8.29. The second-order valence-corrected chi connectivity index (χ2v) is 6.13. The predicted octanol–water partition coefficient (Wildman–Crippen LogP) is 3.67. The molecule has 0 bridgehead atoms. The fraction of sp³-hybridized carbons (Fsp3) is 0.250. The molecule has 6 heteroatoms. The van der Waals surface area contributed by atoms with E-state index < -0.39 is 0 Å². The minimum atomic E-state index is -0.210. The van der Waals surface area contributed by atoms with E-state index in [1.165, 1.54) is 0 Å². The number of hydrogen-bond donors (Lipinski definition) is 2. The van der Waals surface area contributed by atoms with Gasteiger partial charge in [0.2, 0.25) is 5.91 Å². The van der Waals surface area contributed by atoms with E-state index in [-0.39, 0.29) is 17.7 Å². The van der Waals surface area contributed by atoms with Crippen LogP contribution in [-0.4, -0.2) is 37.5 Å². The zero-order chi connectivity index (χ0) is 18.5. The SMILES string of the molecule is COc1cccc(C(CNC(=O)CCl)c2c[nH]c3ccccc23)c1OC. The maximum Gasteiger partial charge on any atom is 0.234 e. The number of halogens is 1. The summed E-state index contributed by atoms with van der Waals surface area (Å²) in [5.41, 5.74) is 3.05. The average molecular weight is 373 g/mol. The summed E-state index contributed by atoms with van der Waals surface area (Å²) in [4.78, 5) is 15.0. The van der Waals surface area contributed by atoms with Crippen LogP contribution in [0.1, 0.15) is 17.0 Å². The normalized spacial score (nSPS) is 12.0. The van der Waals surface area contributed by atoms with Crippen LogP contribution in [0.15, 0.2) is 48.7 Å². The van der Waals surface area contributed by atoms with Gasteiger partial charge in [0, 0.05) is 35.1 Å². The second-order valence-electron chi connectivity index (χ2n) is 5.86. The number of H-pyrrole nitrogens is 1. The van der Waals surface area contributed by atoms with Crippen molar-refractivity contribution < 1.29 is 14.3 Å². The van der Waals surface area contributed by atoms with Crippen LogP contribution in [0, 0.1) is 0 Å². The number of hydrogen-bond acceptors (Lipinski definition) is 3. The zero-order valence-corrected chi connectivity index (χ0v) is 15.5. The van der Waals surface area contributed by atoms with Gasteiger partial charge in [0.15, 0.2) is 11.5 Å². The van der Waals surface area contributed by atoms with Gasteiger partial charge >= 0.3 is 0 Å². The summed E-state index contributed by atoms with van der Waals surface area (Å²) < 4.78 is 11.1. The number of alkyl halides is 1. The molecule has 1 unspecified atom stereocenters. The summed E-state index contributed by atoms with van der Waals surface area (Å²) in [7, 11) is 3.22. The molecule has 0 fully saturated rings. The largest absolute Gasteiger partial charge is 0.493 e. The Hall–Kier alpha value is -2.66. The molecule has 1 atom stereocenters. The highest BCUT2D eigenvalue weighted by Gasteiger charge is 2.24. The molecule has 2 aromatic carbocycles. The summed E-state index contributed by atoms with van der Waals surface area (Å²) in [5, 5.41) is 3.99. The van der Waals surface area contributed by atoms with E-state index in [1.807, 2.05) is 42.6 Å². The standard InChI is InChI=1S/C20H21ClN2O3/c1-25-18-9-5-7-14(20(18)26-2)16(12-23-19(24)10-21)15-11-22-17-8-4-3-6-13(15)17/h3-9,11,16,22H,10,12H2,1-2H3,(H,23,24). The number of para-hydroxylation sites is 2. The third kappa shape index (κ3) is 3.48. The minimum Gasteiger partial charge on any atom is -0.493 e. The zero-order valence-electron chi connectivity index (χ0n) is 14.7. The fourth-order valence-electron chi connectivity index (χ4n) is 3.22. The van der Waals surface area contributed by atoms with Gasteiger partial charge in [0.1, 0.15) is 5.88 Å². The van der Waals surface area contributed by atoms with Crippen molar-refractivity contribution in [3.8, 4) is 11.5 Å². The van der Waals surface area contributed by atoms with Crippen molar-refractivity contribution in [3.63, 3.8) is 0 Å². The van der Waals surface area contributed by atoms with E-state index in [2.05, 4.69) is 16.4 Å². The number of benzene rings is 2. The van der Waals surface area contributed by atoms with Gasteiger partial charge in [-0.2, -0.15) is 0 Å². The Kier molecular flexibility index (Phi) is 5.68. The molecule has 0 aliphatic rings. The third-order valence-electron chi connectivity index (χ3n) is 4.43. The van der Waals surface area contributed by atoms with Gasteiger partial charge < -0.3 is 19.8 Å². The molecule has 0 aliphatic carbocycles. The van der Waals surface area contributed by atoms with Crippen molar-refractivity contribution in [1.29, 1.82) is 0 Å². The van der Waals surface area contributed by atoms with Crippen LogP contribution in [0.2, 0.25) is 0 Å². The van der Waals surface area contributed by atoms with Gasteiger partial charge in [-0.05, 0) is 17.7 Å². The lowest BCUT2D eigenvalue weighted by molar-refractivity contribution is -0.118. The van der Waals surface area contributed by atoms with Crippen molar-refractivity contribution in [2.45, 2.75) is 5.92 Å².